The molecule has 0 saturated carbocycles. The van der Waals surface area contributed by atoms with Crippen LogP contribution >= 0.6 is 22.6 Å². The first kappa shape index (κ1) is 16.2. The van der Waals surface area contributed by atoms with Crippen molar-refractivity contribution in [1.29, 1.82) is 0 Å². The van der Waals surface area contributed by atoms with Crippen molar-refractivity contribution < 1.29 is 9.53 Å². The van der Waals surface area contributed by atoms with Gasteiger partial charge in [0.1, 0.15) is 4.61 Å². The van der Waals surface area contributed by atoms with Gasteiger partial charge in [-0.25, -0.2) is 0 Å². The Kier molecular flexibility index (Phi) is 13.4. The second-order valence-electron chi connectivity index (χ2n) is 4.20. The minimum absolute atomic E-state index is 0.0441. The van der Waals surface area contributed by atoms with Crippen LogP contribution in [0, 0.1) is 0 Å². The molecule has 0 spiro atoms. The summed E-state index contributed by atoms with van der Waals surface area (Å²) in [5, 5.41) is 0. The van der Waals surface area contributed by atoms with Crippen LogP contribution in [0.1, 0.15) is 71.1 Å². The highest BCUT2D eigenvalue weighted by Crippen LogP contribution is 2.10. The predicted octanol–water partition coefficient (Wildman–Crippen LogP) is 4.84. The van der Waals surface area contributed by atoms with Crippen LogP contribution in [0.2, 0.25) is 0 Å². The lowest BCUT2D eigenvalue weighted by Crippen LogP contribution is -2.01. The van der Waals surface area contributed by atoms with E-state index >= 15 is 0 Å². The molecule has 0 aliphatic heterocycles. The van der Waals surface area contributed by atoms with Crippen molar-refractivity contribution in [3.05, 3.63) is 0 Å². The van der Waals surface area contributed by atoms with Crippen molar-refractivity contribution in [2.75, 3.05) is 4.61 Å². The SMILES string of the molecule is CCCCCCCCCCCC(=O)OCI. The van der Waals surface area contributed by atoms with E-state index in [0.29, 0.717) is 11.0 Å². The van der Waals surface area contributed by atoms with Gasteiger partial charge in [-0.3, -0.25) is 4.79 Å². The van der Waals surface area contributed by atoms with Gasteiger partial charge in [0.2, 0.25) is 0 Å². The number of carbonyl (C=O) groups excluding carboxylic acids is 1. The van der Waals surface area contributed by atoms with Gasteiger partial charge in [-0.15, -0.1) is 0 Å². The standard InChI is InChI=1S/C13H25IO2/c1-2-3-4-5-6-7-8-9-10-11-13(15)16-12-14/h2-12H2,1H3. The molecule has 16 heavy (non-hydrogen) atoms. The molecule has 0 aromatic carbocycles. The first-order valence-electron chi connectivity index (χ1n) is 6.52. The van der Waals surface area contributed by atoms with Crippen molar-refractivity contribution in [1.82, 2.24) is 0 Å². The molecule has 0 amide bonds. The number of esters is 1. The summed E-state index contributed by atoms with van der Waals surface area (Å²) in [5.41, 5.74) is 0. The minimum Gasteiger partial charge on any atom is -0.455 e. The first-order valence-corrected chi connectivity index (χ1v) is 8.05. The van der Waals surface area contributed by atoms with E-state index in [1.165, 1.54) is 51.4 Å². The third-order valence-electron chi connectivity index (χ3n) is 2.70. The molecular weight excluding hydrogens is 315 g/mol. The third-order valence-corrected chi connectivity index (χ3v) is 3.01. The van der Waals surface area contributed by atoms with E-state index in [1.54, 1.807) is 0 Å². The Bertz CT molecular complexity index is 160. The van der Waals surface area contributed by atoms with Crippen molar-refractivity contribution >= 4 is 28.6 Å². The predicted molar refractivity (Wildman–Crippen MR) is 76.8 cm³/mol. The molecule has 0 aromatic rings. The van der Waals surface area contributed by atoms with Gasteiger partial charge in [0.05, 0.1) is 0 Å². The molecule has 0 rings (SSSR count). The monoisotopic (exact) mass is 340 g/mol. The third kappa shape index (κ3) is 12.3. The van der Waals surface area contributed by atoms with Gasteiger partial charge in [0.15, 0.2) is 0 Å². The van der Waals surface area contributed by atoms with Crippen LogP contribution in [0.5, 0.6) is 0 Å². The lowest BCUT2D eigenvalue weighted by atomic mass is 10.1. The van der Waals surface area contributed by atoms with Crippen LogP contribution < -0.4 is 0 Å². The molecule has 96 valence electrons. The fraction of sp³-hybridized carbons (Fsp3) is 0.923. The number of ether oxygens (including phenoxy) is 1. The highest BCUT2D eigenvalue weighted by Gasteiger charge is 2.00. The zero-order valence-electron chi connectivity index (χ0n) is 10.5. The molecule has 0 heterocycles. The van der Waals surface area contributed by atoms with Crippen LogP contribution in [0.15, 0.2) is 0 Å². The molecule has 0 saturated heterocycles. The summed E-state index contributed by atoms with van der Waals surface area (Å²) in [7, 11) is 0. The molecule has 0 radical (unpaired) electrons. The topological polar surface area (TPSA) is 26.3 Å². The summed E-state index contributed by atoms with van der Waals surface area (Å²) in [6, 6.07) is 0. The highest BCUT2D eigenvalue weighted by atomic mass is 127. The molecule has 0 aliphatic carbocycles. The normalized spacial score (nSPS) is 10.4. The van der Waals surface area contributed by atoms with Gasteiger partial charge in [0.25, 0.3) is 0 Å². The maximum Gasteiger partial charge on any atom is 0.306 e. The van der Waals surface area contributed by atoms with E-state index in [-0.39, 0.29) is 5.97 Å². The number of hydrogen-bond acceptors (Lipinski definition) is 2. The lowest BCUT2D eigenvalue weighted by molar-refractivity contribution is -0.141. The van der Waals surface area contributed by atoms with E-state index < -0.39 is 0 Å². The molecular formula is C13H25IO2. The van der Waals surface area contributed by atoms with E-state index in [4.69, 9.17) is 4.74 Å². The average Bonchev–Trinajstić information content (AvgIpc) is 2.27. The quantitative estimate of drug-likeness (QED) is 0.233. The van der Waals surface area contributed by atoms with Crippen LogP contribution in [0.25, 0.3) is 0 Å². The van der Waals surface area contributed by atoms with E-state index in [9.17, 15) is 4.79 Å². The maximum absolute atomic E-state index is 11.0. The minimum atomic E-state index is -0.0441. The van der Waals surface area contributed by atoms with Crippen LogP contribution in [-0.2, 0) is 9.53 Å². The highest BCUT2D eigenvalue weighted by molar-refractivity contribution is 14.1. The van der Waals surface area contributed by atoms with Gasteiger partial charge < -0.3 is 4.74 Å². The van der Waals surface area contributed by atoms with Crippen LogP contribution in [0.4, 0.5) is 0 Å². The average molecular weight is 340 g/mol. The van der Waals surface area contributed by atoms with E-state index in [1.807, 2.05) is 22.6 Å². The molecule has 0 fully saturated rings. The van der Waals surface area contributed by atoms with Crippen molar-refractivity contribution in [2.24, 2.45) is 0 Å². The molecule has 0 atom stereocenters. The fourth-order valence-corrected chi connectivity index (χ4v) is 2.06. The summed E-state index contributed by atoms with van der Waals surface area (Å²) in [6.07, 6.45) is 12.2. The maximum atomic E-state index is 11.0. The Morgan fingerprint density at radius 2 is 1.44 bits per heavy atom. The summed E-state index contributed by atoms with van der Waals surface area (Å²) >= 11 is 2.05. The fourth-order valence-electron chi connectivity index (χ4n) is 1.71. The Balaban J connectivity index is 3.01. The zero-order chi connectivity index (χ0) is 12.1. The summed E-state index contributed by atoms with van der Waals surface area (Å²) < 4.78 is 5.34. The molecule has 3 heteroatoms. The van der Waals surface area contributed by atoms with Crippen molar-refractivity contribution in [2.45, 2.75) is 71.1 Å². The molecule has 0 N–H and O–H groups in total. The number of carbonyl (C=O) groups is 1. The Labute approximate surface area is 114 Å². The van der Waals surface area contributed by atoms with Gasteiger partial charge in [0, 0.05) is 6.42 Å². The smallest absolute Gasteiger partial charge is 0.306 e. The number of halogens is 1. The largest absolute Gasteiger partial charge is 0.455 e. The zero-order valence-corrected chi connectivity index (χ0v) is 12.6. The molecule has 0 bridgehead atoms. The molecule has 0 unspecified atom stereocenters. The summed E-state index contributed by atoms with van der Waals surface area (Å²) in [4.78, 5) is 11.0. The van der Waals surface area contributed by atoms with Crippen LogP contribution in [0.3, 0.4) is 0 Å². The number of alkyl halides is 1. The summed E-state index contributed by atoms with van der Waals surface area (Å²) in [5.74, 6) is -0.0441. The number of unbranched alkanes of at least 4 members (excludes halogenated alkanes) is 8. The molecule has 0 aliphatic rings. The Hall–Kier alpha value is 0.200. The van der Waals surface area contributed by atoms with Crippen molar-refractivity contribution in [3.63, 3.8) is 0 Å². The van der Waals surface area contributed by atoms with Gasteiger partial charge in [-0.05, 0) is 29.0 Å². The van der Waals surface area contributed by atoms with Gasteiger partial charge >= 0.3 is 5.97 Å². The van der Waals surface area contributed by atoms with E-state index in [2.05, 4.69) is 6.92 Å². The van der Waals surface area contributed by atoms with Gasteiger partial charge in [-0.2, -0.15) is 0 Å². The Morgan fingerprint density at radius 1 is 0.938 bits per heavy atom. The van der Waals surface area contributed by atoms with Gasteiger partial charge in [-0.1, -0.05) is 58.3 Å². The lowest BCUT2D eigenvalue weighted by Gasteiger charge is -2.02. The first-order chi connectivity index (χ1) is 7.81. The molecule has 2 nitrogen and oxygen atoms in total. The summed E-state index contributed by atoms with van der Waals surface area (Å²) in [6.45, 7) is 2.24. The second kappa shape index (κ2) is 13.3. The Morgan fingerprint density at radius 3 is 1.94 bits per heavy atom. The second-order valence-corrected chi connectivity index (χ2v) is 4.83. The molecule has 0 aromatic heterocycles. The number of hydrogen-bond donors (Lipinski definition) is 0. The number of rotatable bonds is 11. The van der Waals surface area contributed by atoms with Crippen molar-refractivity contribution in [3.8, 4) is 0 Å². The van der Waals surface area contributed by atoms with E-state index in [0.717, 1.165) is 6.42 Å². The van der Waals surface area contributed by atoms with Crippen LogP contribution in [-0.4, -0.2) is 10.6 Å².